The number of nitrogens with one attached hydrogen (secondary N) is 4. The summed E-state index contributed by atoms with van der Waals surface area (Å²) in [6, 6.07) is 32.4. The average Bonchev–Trinajstić information content (AvgIpc) is 4.21. The standard InChI is InChI=1S/2C24H20N8O/c2*1-3-17-19(11-15(1)31-9-7-25-13-31)29-23(27-17)21-5-6-22(33-21)24-28-18-4-2-16(12-20(18)30-24)32-10-8-26-14-32/h2*1-6,11-14H,7-10H2,(H,27,29)(H,28,30). The first-order valence-electron chi connectivity index (χ1n) is 21.9. The number of aromatic amines is 4. The Bertz CT molecular complexity index is 3120. The van der Waals surface area contributed by atoms with E-state index < -0.39 is 0 Å². The minimum atomic E-state index is 0.667. The van der Waals surface area contributed by atoms with Crippen LogP contribution in [0.3, 0.4) is 0 Å². The Hall–Kier alpha value is -8.80. The van der Waals surface area contributed by atoms with Crippen molar-refractivity contribution in [3.63, 3.8) is 0 Å². The summed E-state index contributed by atoms with van der Waals surface area (Å²) in [5, 5.41) is 0. The van der Waals surface area contributed by atoms with Gasteiger partial charge in [-0.25, -0.2) is 19.9 Å². The number of anilines is 4. The molecule has 66 heavy (non-hydrogen) atoms. The Morgan fingerprint density at radius 3 is 0.818 bits per heavy atom. The summed E-state index contributed by atoms with van der Waals surface area (Å²) in [6.07, 6.45) is 7.52. The molecule has 0 fully saturated rings. The highest BCUT2D eigenvalue weighted by Gasteiger charge is 2.19. The third kappa shape index (κ3) is 6.91. The van der Waals surface area contributed by atoms with Crippen LogP contribution in [0.4, 0.5) is 22.7 Å². The zero-order chi connectivity index (χ0) is 43.6. The molecule has 4 aromatic carbocycles. The monoisotopic (exact) mass is 872 g/mol. The fourth-order valence-electron chi connectivity index (χ4n) is 8.66. The summed E-state index contributed by atoms with van der Waals surface area (Å²) in [7, 11) is 0. The number of nitrogens with zero attached hydrogens (tertiary/aromatic N) is 12. The lowest BCUT2D eigenvalue weighted by molar-refractivity contribution is 0.589. The molecule has 0 radical (unpaired) electrons. The van der Waals surface area contributed by atoms with Crippen molar-refractivity contribution in [2.45, 2.75) is 0 Å². The summed E-state index contributed by atoms with van der Waals surface area (Å²) in [4.78, 5) is 58.0. The molecule has 0 saturated carbocycles. The van der Waals surface area contributed by atoms with Crippen molar-refractivity contribution in [3.8, 4) is 46.3 Å². The van der Waals surface area contributed by atoms with Gasteiger partial charge in [-0.3, -0.25) is 20.0 Å². The van der Waals surface area contributed by atoms with Gasteiger partial charge in [-0.05, 0) is 97.1 Å². The smallest absolute Gasteiger partial charge is 0.174 e. The molecule has 14 rings (SSSR count). The van der Waals surface area contributed by atoms with E-state index in [4.69, 9.17) is 28.8 Å². The van der Waals surface area contributed by atoms with Gasteiger partial charge in [-0.2, -0.15) is 0 Å². The molecule has 4 N–H and O–H groups in total. The summed E-state index contributed by atoms with van der Waals surface area (Å²) in [6.45, 7) is 6.93. The Balaban J connectivity index is 0.000000132. The predicted octanol–water partition coefficient (Wildman–Crippen LogP) is 8.13. The Morgan fingerprint density at radius 2 is 0.591 bits per heavy atom. The van der Waals surface area contributed by atoms with Crippen LogP contribution in [0.25, 0.3) is 90.5 Å². The van der Waals surface area contributed by atoms with Gasteiger partial charge >= 0.3 is 0 Å². The molecule has 0 atom stereocenters. The van der Waals surface area contributed by atoms with Crippen LogP contribution in [-0.2, 0) is 0 Å². The lowest BCUT2D eigenvalue weighted by atomic mass is 10.2. The van der Waals surface area contributed by atoms with E-state index in [0.29, 0.717) is 46.3 Å². The summed E-state index contributed by atoms with van der Waals surface area (Å²) >= 11 is 0. The number of aliphatic imine (C=N–C) groups is 4. The molecule has 0 spiro atoms. The van der Waals surface area contributed by atoms with Gasteiger partial charge in [0.2, 0.25) is 0 Å². The van der Waals surface area contributed by atoms with Crippen molar-refractivity contribution in [1.82, 2.24) is 39.9 Å². The van der Waals surface area contributed by atoms with Crippen LogP contribution in [0.15, 0.2) is 126 Å². The number of H-pyrrole nitrogens is 4. The molecule has 0 amide bonds. The van der Waals surface area contributed by atoms with Crippen molar-refractivity contribution in [2.75, 3.05) is 72.0 Å². The molecule has 0 unspecified atom stereocenters. The number of aromatic nitrogens is 8. The fraction of sp³-hybridized carbons (Fsp3) is 0.167. The normalized spacial score (nSPS) is 15.6. The van der Waals surface area contributed by atoms with Gasteiger partial charge in [0.05, 0.1) is 95.7 Å². The van der Waals surface area contributed by atoms with E-state index in [0.717, 1.165) is 119 Å². The molecule has 10 aromatic rings. The number of rotatable bonds is 8. The number of fused-ring (bicyclic) bond motifs is 4. The van der Waals surface area contributed by atoms with E-state index in [1.165, 1.54) is 0 Å². The number of benzene rings is 4. The predicted molar refractivity (Wildman–Crippen MR) is 261 cm³/mol. The van der Waals surface area contributed by atoms with Crippen LogP contribution >= 0.6 is 0 Å². The quantitative estimate of drug-likeness (QED) is 0.115. The van der Waals surface area contributed by atoms with Crippen molar-refractivity contribution in [1.29, 1.82) is 0 Å². The van der Waals surface area contributed by atoms with E-state index in [9.17, 15) is 0 Å². The topological polar surface area (TPSA) is 203 Å². The van der Waals surface area contributed by atoms with Gasteiger partial charge in [0, 0.05) is 48.9 Å². The maximum absolute atomic E-state index is 6.12. The van der Waals surface area contributed by atoms with Gasteiger partial charge in [-0.1, -0.05) is 0 Å². The molecule has 10 heterocycles. The van der Waals surface area contributed by atoms with Crippen molar-refractivity contribution < 1.29 is 8.83 Å². The third-order valence-corrected chi connectivity index (χ3v) is 12.1. The molecule has 18 nitrogen and oxygen atoms in total. The molecule has 0 aliphatic carbocycles. The molecular weight excluding hydrogens is 833 g/mol. The van der Waals surface area contributed by atoms with Gasteiger partial charge in [-0.15, -0.1) is 0 Å². The Kier molecular flexibility index (Phi) is 8.84. The minimum Gasteiger partial charge on any atom is -0.450 e. The molecule has 0 bridgehead atoms. The first-order chi connectivity index (χ1) is 32.6. The summed E-state index contributed by atoms with van der Waals surface area (Å²) in [5.74, 6) is 5.43. The van der Waals surface area contributed by atoms with Crippen molar-refractivity contribution in [3.05, 3.63) is 97.1 Å². The van der Waals surface area contributed by atoms with Gasteiger partial charge < -0.3 is 48.4 Å². The highest BCUT2D eigenvalue weighted by Crippen LogP contribution is 2.33. The van der Waals surface area contributed by atoms with Crippen LogP contribution in [0.1, 0.15) is 0 Å². The second-order valence-electron chi connectivity index (χ2n) is 16.3. The first-order valence-corrected chi connectivity index (χ1v) is 21.9. The summed E-state index contributed by atoms with van der Waals surface area (Å²) < 4.78 is 12.2. The average molecular weight is 873 g/mol. The molecule has 6 aromatic heterocycles. The van der Waals surface area contributed by atoms with Gasteiger partial charge in [0.25, 0.3) is 0 Å². The molecule has 4 aliphatic heterocycles. The second-order valence-corrected chi connectivity index (χ2v) is 16.3. The maximum Gasteiger partial charge on any atom is 0.174 e. The number of hydrogen-bond acceptors (Lipinski definition) is 14. The van der Waals surface area contributed by atoms with Gasteiger partial charge in [0.1, 0.15) is 0 Å². The first kappa shape index (κ1) is 37.7. The fourth-order valence-corrected chi connectivity index (χ4v) is 8.66. The molecule has 0 saturated heterocycles. The van der Waals surface area contributed by atoms with Crippen LogP contribution in [-0.4, -0.2) is 118 Å². The van der Waals surface area contributed by atoms with E-state index in [-0.39, 0.29) is 0 Å². The third-order valence-electron chi connectivity index (χ3n) is 12.1. The zero-order valence-corrected chi connectivity index (χ0v) is 35.4. The molecular formula is C48H40N16O2. The molecule has 18 heteroatoms. The second kappa shape index (κ2) is 15.5. The van der Waals surface area contributed by atoms with Crippen molar-refractivity contribution >= 4 is 92.2 Å². The maximum atomic E-state index is 6.12. The van der Waals surface area contributed by atoms with Crippen LogP contribution in [0, 0.1) is 0 Å². The summed E-state index contributed by atoms with van der Waals surface area (Å²) in [5.41, 5.74) is 11.8. The molecule has 324 valence electrons. The minimum absolute atomic E-state index is 0.667. The highest BCUT2D eigenvalue weighted by atomic mass is 16.3. The largest absolute Gasteiger partial charge is 0.450 e. The van der Waals surface area contributed by atoms with Crippen molar-refractivity contribution in [2.24, 2.45) is 20.0 Å². The Labute approximate surface area is 375 Å². The molecule has 4 aliphatic rings. The number of hydrogen-bond donors (Lipinski definition) is 4. The number of furan rings is 2. The van der Waals surface area contributed by atoms with Crippen LogP contribution < -0.4 is 19.6 Å². The lowest BCUT2D eigenvalue weighted by Crippen LogP contribution is -2.17. The zero-order valence-electron chi connectivity index (χ0n) is 35.4. The van der Waals surface area contributed by atoms with Crippen LogP contribution in [0.5, 0.6) is 0 Å². The van der Waals surface area contributed by atoms with E-state index in [2.05, 4.69) is 108 Å². The highest BCUT2D eigenvalue weighted by molar-refractivity contribution is 5.92. The number of imidazole rings is 4. The Morgan fingerprint density at radius 1 is 0.333 bits per heavy atom. The van der Waals surface area contributed by atoms with E-state index in [1.807, 2.05) is 73.9 Å². The van der Waals surface area contributed by atoms with E-state index in [1.54, 1.807) is 0 Å². The SMILES string of the molecule is C1=NCCN1c1ccc2nc(-c3ccc(-c4nc5ccc(N6C=NCC6)cc5[nH]4)o3)[nH]c2c1.C1=NCCN1c1ccc2nc(-c3ccc(-c4nc5ccc(N6C=NCC6)cc5[nH]4)o3)[nH]c2c1. The lowest BCUT2D eigenvalue weighted by Gasteiger charge is -2.13. The van der Waals surface area contributed by atoms with Crippen LogP contribution in [0.2, 0.25) is 0 Å². The van der Waals surface area contributed by atoms with Gasteiger partial charge in [0.15, 0.2) is 46.3 Å². The van der Waals surface area contributed by atoms with E-state index >= 15 is 0 Å².